The molecule has 1 aromatic carbocycles. The van der Waals surface area contributed by atoms with E-state index in [1.807, 2.05) is 48.5 Å². The fourth-order valence-electron chi connectivity index (χ4n) is 2.70. The number of anilines is 1. The van der Waals surface area contributed by atoms with Gasteiger partial charge >= 0.3 is 5.97 Å². The Balaban J connectivity index is 2.08. The standard InChI is InChI=1S/C18H19N3O2S/c1-4-23-18(22)15-9-19-16-8-6-5-7-14(16)17(15)21(3)10-13-11-24-12(2)20-13/h5-9,11H,4,10H2,1-3H3. The van der Waals surface area contributed by atoms with E-state index < -0.39 is 0 Å². The van der Waals surface area contributed by atoms with E-state index in [0.29, 0.717) is 18.7 Å². The maximum atomic E-state index is 12.4. The van der Waals surface area contributed by atoms with Gasteiger partial charge < -0.3 is 9.64 Å². The van der Waals surface area contributed by atoms with E-state index in [1.165, 1.54) is 0 Å². The zero-order valence-electron chi connectivity index (χ0n) is 13.9. The number of thiazole rings is 1. The van der Waals surface area contributed by atoms with Crippen molar-refractivity contribution in [2.45, 2.75) is 20.4 Å². The largest absolute Gasteiger partial charge is 0.462 e. The van der Waals surface area contributed by atoms with Crippen molar-refractivity contribution in [3.8, 4) is 0 Å². The van der Waals surface area contributed by atoms with Crippen LogP contribution in [-0.2, 0) is 11.3 Å². The van der Waals surface area contributed by atoms with E-state index in [0.717, 1.165) is 27.3 Å². The number of nitrogens with zero attached hydrogens (tertiary/aromatic N) is 3. The lowest BCUT2D eigenvalue weighted by molar-refractivity contribution is 0.0527. The molecule has 2 heterocycles. The Labute approximate surface area is 144 Å². The summed E-state index contributed by atoms with van der Waals surface area (Å²) in [7, 11) is 1.96. The lowest BCUT2D eigenvalue weighted by Gasteiger charge is -2.22. The second-order valence-corrected chi connectivity index (χ2v) is 6.53. The molecule has 0 aliphatic heterocycles. The van der Waals surface area contributed by atoms with Crippen LogP contribution in [0.1, 0.15) is 28.0 Å². The highest BCUT2D eigenvalue weighted by molar-refractivity contribution is 7.09. The van der Waals surface area contributed by atoms with Crippen LogP contribution in [0.25, 0.3) is 10.9 Å². The zero-order chi connectivity index (χ0) is 17.1. The SMILES string of the molecule is CCOC(=O)c1cnc2ccccc2c1N(C)Cc1csc(C)n1. The molecule has 0 fully saturated rings. The second kappa shape index (κ2) is 6.97. The third-order valence-corrected chi connectivity index (χ3v) is 4.51. The molecule has 2 aromatic heterocycles. The summed E-state index contributed by atoms with van der Waals surface area (Å²) in [5, 5.41) is 4.00. The first-order chi connectivity index (χ1) is 11.6. The molecule has 0 atom stereocenters. The molecule has 3 aromatic rings. The normalized spacial score (nSPS) is 10.8. The molecule has 0 unspecified atom stereocenters. The van der Waals surface area contributed by atoms with Gasteiger partial charge in [-0.25, -0.2) is 9.78 Å². The smallest absolute Gasteiger partial charge is 0.341 e. The van der Waals surface area contributed by atoms with E-state index in [-0.39, 0.29) is 5.97 Å². The Kier molecular flexibility index (Phi) is 4.76. The summed E-state index contributed by atoms with van der Waals surface area (Å²) in [6.45, 7) is 4.73. The third-order valence-electron chi connectivity index (χ3n) is 3.69. The third kappa shape index (κ3) is 3.23. The number of benzene rings is 1. The van der Waals surface area contributed by atoms with Gasteiger partial charge in [-0.05, 0) is 19.9 Å². The predicted octanol–water partition coefficient (Wildman–Crippen LogP) is 3.81. The van der Waals surface area contributed by atoms with Crippen LogP contribution >= 0.6 is 11.3 Å². The fraction of sp³-hybridized carbons (Fsp3) is 0.278. The summed E-state index contributed by atoms with van der Waals surface area (Å²) < 4.78 is 5.20. The number of aryl methyl sites for hydroxylation is 1. The van der Waals surface area contributed by atoms with Gasteiger partial charge in [0.25, 0.3) is 0 Å². The Morgan fingerprint density at radius 2 is 2.12 bits per heavy atom. The minimum Gasteiger partial charge on any atom is -0.462 e. The van der Waals surface area contributed by atoms with Crippen molar-refractivity contribution >= 4 is 33.9 Å². The van der Waals surface area contributed by atoms with Crippen LogP contribution in [0.3, 0.4) is 0 Å². The minimum absolute atomic E-state index is 0.333. The van der Waals surface area contributed by atoms with Crippen molar-refractivity contribution in [1.29, 1.82) is 0 Å². The number of para-hydroxylation sites is 1. The Hall–Kier alpha value is -2.47. The number of aromatic nitrogens is 2. The molecule has 0 aliphatic carbocycles. The van der Waals surface area contributed by atoms with Gasteiger partial charge in [-0.2, -0.15) is 0 Å². The molecule has 0 aliphatic rings. The summed E-state index contributed by atoms with van der Waals surface area (Å²) in [5.41, 5.74) is 3.13. The molecule has 24 heavy (non-hydrogen) atoms. The molecule has 0 radical (unpaired) electrons. The molecule has 0 bridgehead atoms. The molecule has 0 spiro atoms. The van der Waals surface area contributed by atoms with E-state index >= 15 is 0 Å². The Morgan fingerprint density at radius 3 is 2.83 bits per heavy atom. The Bertz CT molecular complexity index is 876. The zero-order valence-corrected chi connectivity index (χ0v) is 14.8. The topological polar surface area (TPSA) is 55.3 Å². The molecular formula is C18H19N3O2S. The fourth-order valence-corrected chi connectivity index (χ4v) is 3.30. The lowest BCUT2D eigenvalue weighted by Crippen LogP contribution is -2.21. The predicted molar refractivity (Wildman–Crippen MR) is 96.7 cm³/mol. The average Bonchev–Trinajstić information content (AvgIpc) is 2.98. The van der Waals surface area contributed by atoms with Gasteiger partial charge in [-0.1, -0.05) is 18.2 Å². The molecule has 124 valence electrons. The summed E-state index contributed by atoms with van der Waals surface area (Å²) in [6, 6.07) is 7.80. The molecule has 0 saturated heterocycles. The van der Waals surface area contributed by atoms with E-state index in [4.69, 9.17) is 4.74 Å². The van der Waals surface area contributed by atoms with Crippen LogP contribution in [0.5, 0.6) is 0 Å². The van der Waals surface area contributed by atoms with Crippen LogP contribution in [0.2, 0.25) is 0 Å². The molecular weight excluding hydrogens is 322 g/mol. The first kappa shape index (κ1) is 16.4. The first-order valence-electron chi connectivity index (χ1n) is 7.77. The maximum Gasteiger partial charge on any atom is 0.341 e. The maximum absolute atomic E-state index is 12.4. The molecule has 0 saturated carbocycles. The van der Waals surface area contributed by atoms with E-state index in [9.17, 15) is 4.79 Å². The van der Waals surface area contributed by atoms with Crippen LogP contribution in [0, 0.1) is 6.92 Å². The number of ether oxygens (including phenoxy) is 1. The number of pyridine rings is 1. The lowest BCUT2D eigenvalue weighted by atomic mass is 10.1. The van der Waals surface area contributed by atoms with Crippen LogP contribution in [0.4, 0.5) is 5.69 Å². The molecule has 6 heteroatoms. The van der Waals surface area contributed by atoms with Crippen molar-refractivity contribution in [2.24, 2.45) is 0 Å². The van der Waals surface area contributed by atoms with Crippen molar-refractivity contribution in [1.82, 2.24) is 9.97 Å². The number of carbonyl (C=O) groups is 1. The first-order valence-corrected chi connectivity index (χ1v) is 8.65. The van der Waals surface area contributed by atoms with Crippen molar-refractivity contribution in [2.75, 3.05) is 18.6 Å². The highest BCUT2D eigenvalue weighted by Gasteiger charge is 2.20. The van der Waals surface area contributed by atoms with Crippen molar-refractivity contribution < 1.29 is 9.53 Å². The van der Waals surface area contributed by atoms with Crippen LogP contribution in [0.15, 0.2) is 35.8 Å². The summed E-state index contributed by atoms with van der Waals surface area (Å²) in [5.74, 6) is -0.355. The summed E-state index contributed by atoms with van der Waals surface area (Å²) >= 11 is 1.62. The highest BCUT2D eigenvalue weighted by atomic mass is 32.1. The number of rotatable bonds is 5. The van der Waals surface area contributed by atoms with Crippen LogP contribution < -0.4 is 4.90 Å². The number of carbonyl (C=O) groups excluding carboxylic acids is 1. The van der Waals surface area contributed by atoms with Gasteiger partial charge in [0, 0.05) is 24.0 Å². The van der Waals surface area contributed by atoms with Crippen molar-refractivity contribution in [3.05, 3.63) is 52.1 Å². The van der Waals surface area contributed by atoms with E-state index in [2.05, 4.69) is 9.97 Å². The number of esters is 1. The summed E-state index contributed by atoms with van der Waals surface area (Å²) in [4.78, 5) is 23.3. The number of fused-ring (bicyclic) bond motifs is 1. The average molecular weight is 341 g/mol. The van der Waals surface area contributed by atoms with Gasteiger partial charge in [-0.3, -0.25) is 4.98 Å². The highest BCUT2D eigenvalue weighted by Crippen LogP contribution is 2.30. The van der Waals surface area contributed by atoms with Gasteiger partial charge in [0.15, 0.2) is 0 Å². The van der Waals surface area contributed by atoms with Gasteiger partial charge in [0.05, 0.1) is 35.1 Å². The van der Waals surface area contributed by atoms with Crippen LogP contribution in [-0.4, -0.2) is 29.6 Å². The molecule has 5 nitrogen and oxygen atoms in total. The quantitative estimate of drug-likeness (QED) is 0.661. The molecule has 3 rings (SSSR count). The van der Waals surface area contributed by atoms with E-state index in [1.54, 1.807) is 24.5 Å². The molecule has 0 N–H and O–H groups in total. The van der Waals surface area contributed by atoms with Gasteiger partial charge in [0.1, 0.15) is 5.56 Å². The van der Waals surface area contributed by atoms with Gasteiger partial charge in [-0.15, -0.1) is 11.3 Å². The monoisotopic (exact) mass is 341 g/mol. The minimum atomic E-state index is -0.355. The Morgan fingerprint density at radius 1 is 1.33 bits per heavy atom. The number of hydrogen-bond acceptors (Lipinski definition) is 6. The molecule has 0 amide bonds. The number of hydrogen-bond donors (Lipinski definition) is 0. The van der Waals surface area contributed by atoms with Gasteiger partial charge in [0.2, 0.25) is 0 Å². The summed E-state index contributed by atoms with van der Waals surface area (Å²) in [6.07, 6.45) is 1.60. The second-order valence-electron chi connectivity index (χ2n) is 5.47. The van der Waals surface area contributed by atoms with Crippen molar-refractivity contribution in [3.63, 3.8) is 0 Å².